The van der Waals surface area contributed by atoms with Crippen LogP contribution in [0.5, 0.6) is 0 Å². The summed E-state index contributed by atoms with van der Waals surface area (Å²) in [5.41, 5.74) is 1.45. The molecule has 0 atom stereocenters. The minimum atomic E-state index is -0.203. The molecule has 3 aromatic heterocycles. The molecule has 0 bridgehead atoms. The van der Waals surface area contributed by atoms with Crippen molar-refractivity contribution in [3.05, 3.63) is 33.2 Å². The molecular weight excluding hydrogens is 348 g/mol. The molecule has 3 heterocycles. The van der Waals surface area contributed by atoms with Crippen molar-refractivity contribution in [1.82, 2.24) is 19.5 Å². The van der Waals surface area contributed by atoms with Crippen molar-refractivity contribution >= 4 is 33.0 Å². The van der Waals surface area contributed by atoms with Crippen molar-refractivity contribution in [3.63, 3.8) is 0 Å². The molecule has 0 spiro atoms. The van der Waals surface area contributed by atoms with E-state index >= 15 is 0 Å². The van der Waals surface area contributed by atoms with E-state index in [1.54, 1.807) is 11.3 Å². The quantitative estimate of drug-likeness (QED) is 0.749. The van der Waals surface area contributed by atoms with E-state index in [0.29, 0.717) is 11.9 Å². The number of hydrogen-bond donors (Lipinski definition) is 1. The second-order valence-electron chi connectivity index (χ2n) is 6.96. The first kappa shape index (κ1) is 17.3. The van der Waals surface area contributed by atoms with Crippen LogP contribution in [0.4, 0.5) is 0 Å². The zero-order valence-electron chi connectivity index (χ0n) is 15.2. The molecule has 1 fully saturated rings. The van der Waals surface area contributed by atoms with Crippen LogP contribution in [0.2, 0.25) is 0 Å². The lowest BCUT2D eigenvalue weighted by molar-refractivity contribution is -0.122. The largest absolute Gasteiger partial charge is 0.352 e. The zero-order chi connectivity index (χ0) is 18.3. The van der Waals surface area contributed by atoms with Crippen molar-refractivity contribution < 1.29 is 4.79 Å². The average molecular weight is 372 g/mol. The number of nitrogens with one attached hydrogen (secondary N) is 1. The van der Waals surface area contributed by atoms with Gasteiger partial charge >= 0.3 is 0 Å². The topological polar surface area (TPSA) is 68.4 Å². The molecule has 1 aliphatic rings. The highest BCUT2D eigenvalue weighted by molar-refractivity contribution is 7.19. The predicted octanol–water partition coefficient (Wildman–Crippen LogP) is 2.89. The van der Waals surface area contributed by atoms with E-state index in [-0.39, 0.29) is 24.1 Å². The Balaban J connectivity index is 1.72. The van der Waals surface area contributed by atoms with Crippen LogP contribution in [-0.2, 0) is 24.2 Å². The average Bonchev–Trinajstić information content (AvgIpc) is 3.33. The highest BCUT2D eigenvalue weighted by Gasteiger charge is 2.20. The van der Waals surface area contributed by atoms with Crippen molar-refractivity contribution in [1.29, 1.82) is 0 Å². The summed E-state index contributed by atoms with van der Waals surface area (Å²) < 4.78 is 4.38. The van der Waals surface area contributed by atoms with E-state index in [1.807, 2.05) is 17.4 Å². The van der Waals surface area contributed by atoms with E-state index in [0.717, 1.165) is 48.1 Å². The molecule has 6 nitrogen and oxygen atoms in total. The Bertz CT molecular complexity index is 1020. The molecule has 3 aromatic rings. The summed E-state index contributed by atoms with van der Waals surface area (Å²) >= 11 is 1.72. The maximum atomic E-state index is 12.9. The monoisotopic (exact) mass is 372 g/mol. The second-order valence-corrected chi connectivity index (χ2v) is 8.13. The second kappa shape index (κ2) is 6.87. The summed E-state index contributed by atoms with van der Waals surface area (Å²) in [5.74, 6) is 0.684. The number of aromatic nitrogens is 3. The molecule has 26 heavy (non-hydrogen) atoms. The maximum absolute atomic E-state index is 12.9. The molecule has 4 rings (SSSR count). The molecule has 0 unspecified atom stereocenters. The van der Waals surface area contributed by atoms with E-state index in [4.69, 9.17) is 0 Å². The molecule has 0 aromatic carbocycles. The SMILES string of the molecule is CCc1cc2c(cc3c(=O)n(CC(=O)NC4CCCC4)nc(CC)n32)s1. The first-order valence-corrected chi connectivity index (χ1v) is 10.3. The normalized spacial score (nSPS) is 15.3. The van der Waals surface area contributed by atoms with Crippen molar-refractivity contribution in [2.45, 2.75) is 65.0 Å². The maximum Gasteiger partial charge on any atom is 0.291 e. The molecule has 0 saturated heterocycles. The molecular formula is C19H24N4O2S. The first-order valence-electron chi connectivity index (χ1n) is 9.44. The molecule has 1 N–H and O–H groups in total. The Morgan fingerprint density at radius 2 is 2.00 bits per heavy atom. The summed E-state index contributed by atoms with van der Waals surface area (Å²) in [6.07, 6.45) is 6.06. The Hall–Kier alpha value is -2.15. The van der Waals surface area contributed by atoms with Gasteiger partial charge in [0.25, 0.3) is 5.56 Å². The van der Waals surface area contributed by atoms with Crippen LogP contribution in [0.1, 0.15) is 50.2 Å². The van der Waals surface area contributed by atoms with Crippen LogP contribution in [0.15, 0.2) is 16.9 Å². The Kier molecular flexibility index (Phi) is 4.56. The standard InChI is InChI=1S/C19H24N4O2S/c1-3-13-9-14-16(26-13)10-15-19(25)22(21-17(4-2)23(14)15)11-18(24)20-12-7-5-6-8-12/h9-10,12H,3-8,11H2,1-2H3,(H,20,24). The van der Waals surface area contributed by atoms with Gasteiger partial charge in [-0.25, -0.2) is 4.68 Å². The van der Waals surface area contributed by atoms with Crippen LogP contribution < -0.4 is 10.9 Å². The summed E-state index contributed by atoms with van der Waals surface area (Å²) in [4.78, 5) is 26.5. The predicted molar refractivity (Wildman–Crippen MR) is 104 cm³/mol. The highest BCUT2D eigenvalue weighted by atomic mass is 32.1. The van der Waals surface area contributed by atoms with Gasteiger partial charge in [-0.2, -0.15) is 5.10 Å². The van der Waals surface area contributed by atoms with Crippen molar-refractivity contribution in [2.75, 3.05) is 0 Å². The minimum Gasteiger partial charge on any atom is -0.352 e. The number of carbonyl (C=O) groups excluding carboxylic acids is 1. The van der Waals surface area contributed by atoms with Gasteiger partial charge in [0.05, 0.1) is 10.2 Å². The van der Waals surface area contributed by atoms with E-state index in [2.05, 4.69) is 23.4 Å². The van der Waals surface area contributed by atoms with Gasteiger partial charge in [-0.15, -0.1) is 11.3 Å². The first-order chi connectivity index (χ1) is 12.6. The summed E-state index contributed by atoms with van der Waals surface area (Å²) in [7, 11) is 0. The van der Waals surface area contributed by atoms with Gasteiger partial charge < -0.3 is 5.32 Å². The van der Waals surface area contributed by atoms with Gasteiger partial charge in [0.15, 0.2) is 0 Å². The van der Waals surface area contributed by atoms with Gasteiger partial charge in [-0.3, -0.25) is 14.0 Å². The molecule has 1 amide bonds. The number of hydrogen-bond acceptors (Lipinski definition) is 4. The molecule has 138 valence electrons. The molecule has 0 aliphatic heterocycles. The van der Waals surface area contributed by atoms with Crippen molar-refractivity contribution in [3.8, 4) is 0 Å². The lowest BCUT2D eigenvalue weighted by Crippen LogP contribution is -2.39. The lowest BCUT2D eigenvalue weighted by atomic mass is 10.2. The van der Waals surface area contributed by atoms with Crippen molar-refractivity contribution in [2.24, 2.45) is 0 Å². The molecule has 1 saturated carbocycles. The number of rotatable bonds is 5. The number of amides is 1. The third-order valence-corrected chi connectivity index (χ3v) is 6.38. The summed E-state index contributed by atoms with van der Waals surface area (Å²) in [6, 6.07) is 4.33. The third-order valence-electron chi connectivity index (χ3n) is 5.17. The lowest BCUT2D eigenvalue weighted by Gasteiger charge is -2.13. The number of fused-ring (bicyclic) bond motifs is 3. The Morgan fingerprint density at radius 3 is 2.69 bits per heavy atom. The van der Waals surface area contributed by atoms with Crippen LogP contribution in [0.25, 0.3) is 15.7 Å². The van der Waals surface area contributed by atoms with Gasteiger partial charge in [0, 0.05) is 17.3 Å². The van der Waals surface area contributed by atoms with Gasteiger partial charge in [-0.1, -0.05) is 26.7 Å². The van der Waals surface area contributed by atoms with Crippen LogP contribution >= 0.6 is 11.3 Å². The molecule has 0 radical (unpaired) electrons. The van der Waals surface area contributed by atoms with Gasteiger partial charge in [0.1, 0.15) is 17.9 Å². The number of carbonyl (C=O) groups is 1. The Morgan fingerprint density at radius 1 is 1.23 bits per heavy atom. The number of aryl methyl sites for hydroxylation is 2. The number of nitrogens with zero attached hydrogens (tertiary/aromatic N) is 3. The molecule has 1 aliphatic carbocycles. The van der Waals surface area contributed by atoms with Crippen LogP contribution in [0.3, 0.4) is 0 Å². The van der Waals surface area contributed by atoms with Crippen LogP contribution in [-0.4, -0.2) is 26.1 Å². The van der Waals surface area contributed by atoms with Gasteiger partial charge in [0.2, 0.25) is 5.91 Å². The smallest absolute Gasteiger partial charge is 0.291 e. The summed E-state index contributed by atoms with van der Waals surface area (Å²) in [5, 5.41) is 7.54. The zero-order valence-corrected chi connectivity index (χ0v) is 16.1. The fourth-order valence-electron chi connectivity index (χ4n) is 3.83. The highest BCUT2D eigenvalue weighted by Crippen LogP contribution is 2.29. The van der Waals surface area contributed by atoms with E-state index < -0.39 is 0 Å². The van der Waals surface area contributed by atoms with E-state index in [9.17, 15) is 9.59 Å². The van der Waals surface area contributed by atoms with Crippen LogP contribution in [0, 0.1) is 0 Å². The summed E-state index contributed by atoms with van der Waals surface area (Å²) in [6.45, 7) is 4.14. The number of thiophene rings is 1. The third kappa shape index (κ3) is 2.94. The van der Waals surface area contributed by atoms with E-state index in [1.165, 1.54) is 9.56 Å². The fraction of sp³-hybridized carbons (Fsp3) is 0.526. The van der Waals surface area contributed by atoms with Gasteiger partial charge in [-0.05, 0) is 31.4 Å². The molecule has 7 heteroatoms. The Labute approximate surface area is 155 Å². The fourth-order valence-corrected chi connectivity index (χ4v) is 4.85. The minimum absolute atomic E-state index is 0.0160.